The quantitative estimate of drug-likeness (QED) is 0.872. The first-order valence-electron chi connectivity index (χ1n) is 7.69. The number of aryl methyl sites for hydroxylation is 2. The summed E-state index contributed by atoms with van der Waals surface area (Å²) in [7, 11) is 1.96. The van der Waals surface area contributed by atoms with E-state index in [1.165, 1.54) is 32.1 Å². The van der Waals surface area contributed by atoms with Crippen LogP contribution in [0.4, 0.5) is 0 Å². The Kier molecular flexibility index (Phi) is 6.24. The average molecular weight is 316 g/mol. The lowest BCUT2D eigenvalue weighted by molar-refractivity contribution is 0.515. The summed E-state index contributed by atoms with van der Waals surface area (Å²) < 4.78 is 1.90. The van der Waals surface area contributed by atoms with E-state index in [1.807, 2.05) is 11.7 Å². The lowest BCUT2D eigenvalue weighted by Gasteiger charge is -2.22. The van der Waals surface area contributed by atoms with E-state index in [2.05, 4.69) is 23.8 Å². The first kappa shape index (κ1) is 16.2. The molecule has 0 amide bonds. The highest BCUT2D eigenvalue weighted by Gasteiger charge is 2.18. The van der Waals surface area contributed by atoms with Gasteiger partial charge in [-0.05, 0) is 19.3 Å². The number of hydrogen-bond donors (Lipinski definition) is 1. The summed E-state index contributed by atoms with van der Waals surface area (Å²) in [5.41, 5.74) is 8.36. The Morgan fingerprint density at radius 2 is 2.10 bits per heavy atom. The predicted molar refractivity (Wildman–Crippen MR) is 88.6 cm³/mol. The van der Waals surface area contributed by atoms with Crippen LogP contribution >= 0.6 is 23.4 Å². The van der Waals surface area contributed by atoms with Crippen LogP contribution in [0, 0.1) is 0 Å². The average Bonchev–Trinajstić information content (AvgIpc) is 2.73. The molecule has 1 aliphatic carbocycles. The van der Waals surface area contributed by atoms with Crippen LogP contribution in [0.5, 0.6) is 0 Å². The fourth-order valence-corrected chi connectivity index (χ4v) is 4.52. The van der Waals surface area contributed by atoms with Crippen molar-refractivity contribution in [3.8, 4) is 0 Å². The topological polar surface area (TPSA) is 43.8 Å². The smallest absolute Gasteiger partial charge is 0.0850 e. The van der Waals surface area contributed by atoms with Gasteiger partial charge in [-0.15, -0.1) is 0 Å². The zero-order chi connectivity index (χ0) is 14.5. The van der Waals surface area contributed by atoms with Crippen LogP contribution in [0.3, 0.4) is 0 Å². The first-order chi connectivity index (χ1) is 9.61. The van der Waals surface area contributed by atoms with Gasteiger partial charge >= 0.3 is 0 Å². The molecule has 0 saturated heterocycles. The predicted octanol–water partition coefficient (Wildman–Crippen LogP) is 3.57. The summed E-state index contributed by atoms with van der Waals surface area (Å²) in [6.45, 7) is 2.08. The van der Waals surface area contributed by atoms with Gasteiger partial charge in [0.05, 0.1) is 16.4 Å². The molecule has 1 fully saturated rings. The van der Waals surface area contributed by atoms with Gasteiger partial charge in [-0.25, -0.2) is 0 Å². The van der Waals surface area contributed by atoms with E-state index in [-0.39, 0.29) is 6.04 Å². The molecule has 5 heteroatoms. The maximum Gasteiger partial charge on any atom is 0.0850 e. The minimum atomic E-state index is 0.166. The Hall–Kier alpha value is -0.190. The highest BCUT2D eigenvalue weighted by molar-refractivity contribution is 7.99. The van der Waals surface area contributed by atoms with Gasteiger partial charge < -0.3 is 5.73 Å². The van der Waals surface area contributed by atoms with Crippen LogP contribution in [0.15, 0.2) is 0 Å². The third kappa shape index (κ3) is 4.15. The van der Waals surface area contributed by atoms with Crippen molar-refractivity contribution in [2.45, 2.75) is 63.2 Å². The molecule has 2 rings (SSSR count). The van der Waals surface area contributed by atoms with Gasteiger partial charge in [-0.3, -0.25) is 4.68 Å². The van der Waals surface area contributed by atoms with Crippen LogP contribution in [0.2, 0.25) is 5.02 Å². The Balaban J connectivity index is 1.84. The van der Waals surface area contributed by atoms with Gasteiger partial charge in [0, 0.05) is 30.5 Å². The third-order valence-corrected chi connectivity index (χ3v) is 6.06. The Bertz CT molecular complexity index is 427. The molecule has 3 nitrogen and oxygen atoms in total. The molecule has 1 saturated carbocycles. The van der Waals surface area contributed by atoms with Crippen LogP contribution < -0.4 is 5.73 Å². The van der Waals surface area contributed by atoms with Crippen molar-refractivity contribution in [3.05, 3.63) is 16.4 Å². The fraction of sp³-hybridized carbons (Fsp3) is 0.800. The van der Waals surface area contributed by atoms with Crippen LogP contribution in [0.1, 0.15) is 50.4 Å². The molecule has 1 atom stereocenters. The molecule has 0 radical (unpaired) electrons. The number of halogens is 1. The van der Waals surface area contributed by atoms with E-state index in [0.29, 0.717) is 0 Å². The summed E-state index contributed by atoms with van der Waals surface area (Å²) in [6, 6.07) is 0.166. The summed E-state index contributed by atoms with van der Waals surface area (Å²) in [4.78, 5) is 0. The number of nitrogens with two attached hydrogens (primary N) is 1. The fourth-order valence-electron chi connectivity index (χ4n) is 2.84. The van der Waals surface area contributed by atoms with E-state index in [1.54, 1.807) is 0 Å². The summed E-state index contributed by atoms with van der Waals surface area (Å²) in [6.07, 6.45) is 8.61. The van der Waals surface area contributed by atoms with Gasteiger partial charge in [-0.1, -0.05) is 37.8 Å². The number of aromatic nitrogens is 2. The largest absolute Gasteiger partial charge is 0.327 e. The second-order valence-electron chi connectivity index (χ2n) is 5.74. The Morgan fingerprint density at radius 3 is 2.70 bits per heavy atom. The zero-order valence-electron chi connectivity index (χ0n) is 12.6. The van der Waals surface area contributed by atoms with Crippen molar-refractivity contribution in [2.24, 2.45) is 12.8 Å². The van der Waals surface area contributed by atoms with Gasteiger partial charge in [0.1, 0.15) is 0 Å². The summed E-state index contributed by atoms with van der Waals surface area (Å²) >= 11 is 8.43. The van der Waals surface area contributed by atoms with Gasteiger partial charge in [0.2, 0.25) is 0 Å². The number of nitrogens with zero attached hydrogens (tertiary/aromatic N) is 2. The molecular formula is C15H26ClN3S. The van der Waals surface area contributed by atoms with Crippen LogP contribution in [0.25, 0.3) is 0 Å². The molecule has 0 aromatic carbocycles. The van der Waals surface area contributed by atoms with E-state index < -0.39 is 0 Å². The van der Waals surface area contributed by atoms with Gasteiger partial charge in [0.15, 0.2) is 0 Å². The number of thioether (sulfide) groups is 1. The molecule has 2 N–H and O–H groups in total. The van der Waals surface area contributed by atoms with Gasteiger partial charge in [-0.2, -0.15) is 16.9 Å². The molecule has 1 aromatic rings. The molecule has 0 bridgehead atoms. The minimum absolute atomic E-state index is 0.166. The first-order valence-corrected chi connectivity index (χ1v) is 9.12. The molecule has 1 heterocycles. The Labute approximate surface area is 131 Å². The highest BCUT2D eigenvalue weighted by atomic mass is 35.5. The maximum atomic E-state index is 6.38. The van der Waals surface area contributed by atoms with Crippen molar-refractivity contribution in [1.29, 1.82) is 0 Å². The highest BCUT2D eigenvalue weighted by Crippen LogP contribution is 2.29. The second-order valence-corrected chi connectivity index (χ2v) is 7.45. The van der Waals surface area contributed by atoms with E-state index in [4.69, 9.17) is 17.3 Å². The van der Waals surface area contributed by atoms with Crippen molar-refractivity contribution in [1.82, 2.24) is 9.78 Å². The van der Waals surface area contributed by atoms with Crippen molar-refractivity contribution in [3.63, 3.8) is 0 Å². The van der Waals surface area contributed by atoms with E-state index in [0.717, 1.165) is 40.3 Å². The maximum absolute atomic E-state index is 6.38. The van der Waals surface area contributed by atoms with Gasteiger partial charge in [0.25, 0.3) is 0 Å². The molecular weight excluding hydrogens is 290 g/mol. The molecule has 1 aromatic heterocycles. The Morgan fingerprint density at radius 1 is 1.40 bits per heavy atom. The molecule has 0 aliphatic heterocycles. The van der Waals surface area contributed by atoms with E-state index in [9.17, 15) is 0 Å². The molecule has 20 heavy (non-hydrogen) atoms. The standard InChI is InChI=1S/C15H26ClN3S/c1-3-13-15(16)14(19(2)18-13)9-11(17)10-20-12-7-5-4-6-8-12/h11-12H,3-10,17H2,1-2H3. The third-order valence-electron chi connectivity index (χ3n) is 4.06. The molecule has 1 unspecified atom stereocenters. The number of hydrogen-bond acceptors (Lipinski definition) is 3. The van der Waals surface area contributed by atoms with Crippen molar-refractivity contribution in [2.75, 3.05) is 5.75 Å². The van der Waals surface area contributed by atoms with Crippen molar-refractivity contribution < 1.29 is 0 Å². The SMILES string of the molecule is CCc1nn(C)c(CC(N)CSC2CCCCC2)c1Cl. The lowest BCUT2D eigenvalue weighted by Crippen LogP contribution is -2.28. The summed E-state index contributed by atoms with van der Waals surface area (Å²) in [5, 5.41) is 6.09. The molecule has 114 valence electrons. The van der Waals surface area contributed by atoms with E-state index >= 15 is 0 Å². The molecule has 1 aliphatic rings. The monoisotopic (exact) mass is 315 g/mol. The van der Waals surface area contributed by atoms with Crippen LogP contribution in [-0.2, 0) is 19.9 Å². The molecule has 0 spiro atoms. The van der Waals surface area contributed by atoms with Crippen molar-refractivity contribution >= 4 is 23.4 Å². The summed E-state index contributed by atoms with van der Waals surface area (Å²) in [5.74, 6) is 1.02. The second kappa shape index (κ2) is 7.71. The minimum Gasteiger partial charge on any atom is -0.327 e. The lowest BCUT2D eigenvalue weighted by atomic mass is 10.0. The number of rotatable bonds is 6. The normalized spacial score (nSPS) is 18.4. The van der Waals surface area contributed by atoms with Crippen LogP contribution in [-0.4, -0.2) is 26.8 Å². The zero-order valence-corrected chi connectivity index (χ0v) is 14.1.